The normalized spacial score (nSPS) is 25.2. The molecular formula is C17H24O. The molecule has 1 saturated carbocycles. The van der Waals surface area contributed by atoms with Gasteiger partial charge in [-0.1, -0.05) is 50.6 Å². The van der Waals surface area contributed by atoms with Gasteiger partial charge >= 0.3 is 0 Å². The van der Waals surface area contributed by atoms with Gasteiger partial charge < -0.3 is 0 Å². The predicted octanol–water partition coefficient (Wildman–Crippen LogP) is 4.28. The zero-order valence-corrected chi connectivity index (χ0v) is 12.0. The molecule has 0 aromatic heterocycles. The minimum absolute atomic E-state index is 0.0384. The van der Waals surface area contributed by atoms with Crippen LogP contribution in [-0.2, 0) is 10.2 Å². The van der Waals surface area contributed by atoms with Gasteiger partial charge in [-0.3, -0.25) is 4.79 Å². The Bertz CT molecular complexity index is 445. The van der Waals surface area contributed by atoms with E-state index in [0.29, 0.717) is 11.7 Å². The van der Waals surface area contributed by atoms with Crippen molar-refractivity contribution in [3.05, 3.63) is 35.4 Å². The maximum atomic E-state index is 12.3. The fraction of sp³-hybridized carbons (Fsp3) is 0.588. The highest BCUT2D eigenvalue weighted by molar-refractivity contribution is 5.83. The van der Waals surface area contributed by atoms with E-state index >= 15 is 0 Å². The van der Waals surface area contributed by atoms with Gasteiger partial charge in [-0.25, -0.2) is 0 Å². The molecular weight excluding hydrogens is 220 g/mol. The molecule has 2 unspecified atom stereocenters. The highest BCUT2D eigenvalue weighted by Gasteiger charge is 2.38. The second-order valence-corrected chi connectivity index (χ2v) is 6.50. The third kappa shape index (κ3) is 2.50. The van der Waals surface area contributed by atoms with Crippen LogP contribution in [-0.4, -0.2) is 5.78 Å². The quantitative estimate of drug-likeness (QED) is 0.759. The van der Waals surface area contributed by atoms with Crippen LogP contribution in [0.15, 0.2) is 24.3 Å². The molecule has 1 aromatic rings. The molecule has 1 aromatic carbocycles. The fourth-order valence-corrected chi connectivity index (χ4v) is 3.21. The van der Waals surface area contributed by atoms with Crippen LogP contribution in [0.4, 0.5) is 0 Å². The van der Waals surface area contributed by atoms with Crippen LogP contribution in [0.1, 0.15) is 51.2 Å². The summed E-state index contributed by atoms with van der Waals surface area (Å²) in [5.41, 5.74) is 2.54. The molecule has 0 spiro atoms. The zero-order valence-electron chi connectivity index (χ0n) is 12.0. The maximum Gasteiger partial charge on any atom is 0.137 e. The molecule has 0 N–H and O–H groups in total. The Labute approximate surface area is 111 Å². The Kier molecular flexibility index (Phi) is 3.61. The smallest absolute Gasteiger partial charge is 0.137 e. The van der Waals surface area contributed by atoms with Crippen molar-refractivity contribution in [2.45, 2.75) is 52.4 Å². The Balaban J connectivity index is 2.28. The lowest BCUT2D eigenvalue weighted by Gasteiger charge is -2.38. The van der Waals surface area contributed by atoms with E-state index in [1.54, 1.807) is 0 Å². The van der Waals surface area contributed by atoms with Crippen molar-refractivity contribution in [3.8, 4) is 0 Å². The first-order valence-electron chi connectivity index (χ1n) is 7.01. The monoisotopic (exact) mass is 244 g/mol. The molecule has 1 aliphatic rings. The predicted molar refractivity (Wildman–Crippen MR) is 75.7 cm³/mol. The lowest BCUT2D eigenvalue weighted by Crippen LogP contribution is -2.38. The van der Waals surface area contributed by atoms with Gasteiger partial charge in [0.1, 0.15) is 5.78 Å². The van der Waals surface area contributed by atoms with E-state index in [-0.39, 0.29) is 11.3 Å². The first-order chi connectivity index (χ1) is 8.41. The molecule has 1 heteroatoms. The topological polar surface area (TPSA) is 17.1 Å². The van der Waals surface area contributed by atoms with Gasteiger partial charge in [0.05, 0.1) is 0 Å². The van der Waals surface area contributed by atoms with E-state index < -0.39 is 0 Å². The molecule has 2 rings (SSSR count). The van der Waals surface area contributed by atoms with E-state index in [2.05, 4.69) is 52.0 Å². The highest BCUT2D eigenvalue weighted by atomic mass is 16.1. The van der Waals surface area contributed by atoms with E-state index in [1.165, 1.54) is 17.5 Å². The van der Waals surface area contributed by atoms with Crippen molar-refractivity contribution in [2.75, 3.05) is 0 Å². The minimum Gasteiger partial charge on any atom is -0.299 e. The highest BCUT2D eigenvalue weighted by Crippen LogP contribution is 2.40. The Hall–Kier alpha value is -1.11. The summed E-state index contributed by atoms with van der Waals surface area (Å²) < 4.78 is 0. The van der Waals surface area contributed by atoms with Crippen LogP contribution in [0.25, 0.3) is 0 Å². The molecule has 0 aliphatic heterocycles. The number of ketones is 1. The van der Waals surface area contributed by atoms with E-state index in [0.717, 1.165) is 12.8 Å². The Morgan fingerprint density at radius 2 is 1.94 bits per heavy atom. The average molecular weight is 244 g/mol. The number of aryl methyl sites for hydroxylation is 1. The molecule has 0 saturated heterocycles. The van der Waals surface area contributed by atoms with E-state index in [1.807, 2.05) is 0 Å². The van der Waals surface area contributed by atoms with E-state index in [4.69, 9.17) is 0 Å². The number of carbonyl (C=O) groups excluding carboxylic acids is 1. The van der Waals surface area contributed by atoms with Crippen LogP contribution >= 0.6 is 0 Å². The number of carbonyl (C=O) groups is 1. The second kappa shape index (κ2) is 4.87. The van der Waals surface area contributed by atoms with Crippen LogP contribution in [0.5, 0.6) is 0 Å². The number of rotatable bonds is 2. The first-order valence-corrected chi connectivity index (χ1v) is 7.01. The summed E-state index contributed by atoms with van der Waals surface area (Å²) in [6.07, 6.45) is 2.99. The number of benzene rings is 1. The summed E-state index contributed by atoms with van der Waals surface area (Å²) in [7, 11) is 0. The van der Waals surface area contributed by atoms with Crippen molar-refractivity contribution >= 4 is 5.78 Å². The third-order valence-corrected chi connectivity index (χ3v) is 4.52. The van der Waals surface area contributed by atoms with Crippen molar-refractivity contribution in [1.82, 2.24) is 0 Å². The molecule has 0 amide bonds. The molecule has 0 heterocycles. The van der Waals surface area contributed by atoms with Gasteiger partial charge in [0.15, 0.2) is 0 Å². The molecule has 0 radical (unpaired) electrons. The summed E-state index contributed by atoms with van der Waals surface area (Å²) in [5, 5.41) is 0. The van der Waals surface area contributed by atoms with Crippen LogP contribution in [0, 0.1) is 18.8 Å². The standard InChI is InChI=1S/C17H24O/c1-12-6-5-7-14(10-12)17(3,4)15-9-8-13(2)11-16(15)18/h5-7,10,13,15H,8-9,11H2,1-4H3. The first kappa shape index (κ1) is 13.3. The van der Waals surface area contributed by atoms with Crippen LogP contribution in [0.3, 0.4) is 0 Å². The number of hydrogen-bond donors (Lipinski definition) is 0. The lowest BCUT2D eigenvalue weighted by atomic mass is 9.65. The molecule has 1 aliphatic carbocycles. The third-order valence-electron chi connectivity index (χ3n) is 4.52. The fourth-order valence-electron chi connectivity index (χ4n) is 3.21. The van der Waals surface area contributed by atoms with Crippen LogP contribution < -0.4 is 0 Å². The summed E-state index contributed by atoms with van der Waals surface area (Å²) in [5.74, 6) is 1.22. The van der Waals surface area contributed by atoms with Crippen LogP contribution in [0.2, 0.25) is 0 Å². The summed E-state index contributed by atoms with van der Waals surface area (Å²) in [6.45, 7) is 8.75. The van der Waals surface area contributed by atoms with Gasteiger partial charge in [-0.15, -0.1) is 0 Å². The van der Waals surface area contributed by atoms with Crippen molar-refractivity contribution in [3.63, 3.8) is 0 Å². The second-order valence-electron chi connectivity index (χ2n) is 6.50. The summed E-state index contributed by atoms with van der Waals surface area (Å²) >= 11 is 0. The van der Waals surface area contributed by atoms with Gasteiger partial charge in [0, 0.05) is 12.3 Å². The minimum atomic E-state index is -0.0384. The lowest BCUT2D eigenvalue weighted by molar-refractivity contribution is -0.128. The van der Waals surface area contributed by atoms with E-state index in [9.17, 15) is 4.79 Å². The molecule has 1 fully saturated rings. The number of hydrogen-bond acceptors (Lipinski definition) is 1. The van der Waals surface area contributed by atoms with Crippen molar-refractivity contribution < 1.29 is 4.79 Å². The molecule has 98 valence electrons. The Morgan fingerprint density at radius 1 is 1.22 bits per heavy atom. The van der Waals surface area contributed by atoms with Gasteiger partial charge in [0.25, 0.3) is 0 Å². The molecule has 18 heavy (non-hydrogen) atoms. The van der Waals surface area contributed by atoms with Gasteiger partial charge in [-0.2, -0.15) is 0 Å². The Morgan fingerprint density at radius 3 is 2.56 bits per heavy atom. The maximum absolute atomic E-state index is 12.3. The largest absolute Gasteiger partial charge is 0.299 e. The zero-order chi connectivity index (χ0) is 13.3. The van der Waals surface area contributed by atoms with Gasteiger partial charge in [-0.05, 0) is 36.7 Å². The molecule has 0 bridgehead atoms. The SMILES string of the molecule is Cc1cccc(C(C)(C)C2CCC(C)CC2=O)c1. The molecule has 1 nitrogen and oxygen atoms in total. The number of Topliss-reactive ketones (excluding diaryl/α,β-unsaturated/α-hetero) is 1. The van der Waals surface area contributed by atoms with Crippen molar-refractivity contribution in [2.24, 2.45) is 11.8 Å². The summed E-state index contributed by atoms with van der Waals surface area (Å²) in [6, 6.07) is 8.61. The average Bonchev–Trinajstić information content (AvgIpc) is 2.28. The molecule has 2 atom stereocenters. The van der Waals surface area contributed by atoms with Crippen molar-refractivity contribution in [1.29, 1.82) is 0 Å². The van der Waals surface area contributed by atoms with Gasteiger partial charge in [0.2, 0.25) is 0 Å². The summed E-state index contributed by atoms with van der Waals surface area (Å²) in [4.78, 5) is 12.3.